The smallest absolute Gasteiger partial charge is 0.374 e. The zero-order valence-electron chi connectivity index (χ0n) is 16.7. The van der Waals surface area contributed by atoms with Crippen molar-refractivity contribution in [1.29, 1.82) is 0 Å². The molecule has 3 saturated carbocycles. The molecule has 5 unspecified atom stereocenters. The summed E-state index contributed by atoms with van der Waals surface area (Å²) in [6.45, 7) is 3.94. The molecule has 1 spiro atoms. The van der Waals surface area contributed by atoms with Crippen LogP contribution in [0.4, 0.5) is 0 Å². The Morgan fingerprint density at radius 2 is 2.07 bits per heavy atom. The molecule has 1 aromatic rings. The number of fused-ring (bicyclic) bond motifs is 3. The minimum Gasteiger partial charge on any atom is -0.460 e. The molecule has 1 heterocycles. The molecule has 0 amide bonds. The van der Waals surface area contributed by atoms with Gasteiger partial charge >= 0.3 is 5.97 Å². The van der Waals surface area contributed by atoms with Crippen LogP contribution in [0.15, 0.2) is 4.42 Å². The Labute approximate surface area is 160 Å². The first-order chi connectivity index (χ1) is 12.9. The second-order valence-electron chi connectivity index (χ2n) is 9.39. The van der Waals surface area contributed by atoms with Gasteiger partial charge in [0.25, 0.3) is 0 Å². The van der Waals surface area contributed by atoms with Gasteiger partial charge in [-0.1, -0.05) is 6.42 Å². The Bertz CT molecular complexity index is 819. The molecule has 0 radical (unpaired) electrons. The van der Waals surface area contributed by atoms with Gasteiger partial charge in [-0.3, -0.25) is 4.79 Å². The molecule has 4 aliphatic carbocycles. The lowest BCUT2D eigenvalue weighted by Crippen LogP contribution is -2.35. The lowest BCUT2D eigenvalue weighted by Gasteiger charge is -2.42. The number of Topliss-reactive ketones (excluding diaryl/α,β-unsaturated/α-hetero) is 1. The summed E-state index contributed by atoms with van der Waals surface area (Å²) < 4.78 is 11.1. The molecule has 146 valence electrons. The Hall–Kier alpha value is -1.62. The van der Waals surface area contributed by atoms with E-state index in [1.165, 1.54) is 25.7 Å². The summed E-state index contributed by atoms with van der Waals surface area (Å²) in [6, 6.07) is 0.631. The van der Waals surface area contributed by atoms with Crippen molar-refractivity contribution in [2.45, 2.75) is 52.0 Å². The Morgan fingerprint density at radius 3 is 2.63 bits per heavy atom. The van der Waals surface area contributed by atoms with E-state index in [9.17, 15) is 9.59 Å². The van der Waals surface area contributed by atoms with Crippen LogP contribution >= 0.6 is 0 Å². The minimum absolute atomic E-state index is 0.132. The molecule has 0 aromatic carbocycles. The van der Waals surface area contributed by atoms with Crippen molar-refractivity contribution in [1.82, 2.24) is 4.90 Å². The van der Waals surface area contributed by atoms with Gasteiger partial charge in [-0.15, -0.1) is 0 Å². The maximum absolute atomic E-state index is 13.5. The van der Waals surface area contributed by atoms with Crippen LogP contribution in [0.5, 0.6) is 0 Å². The molecular weight excluding hydrogens is 342 g/mol. The number of ether oxygens (including phenoxy) is 1. The molecule has 5 heteroatoms. The van der Waals surface area contributed by atoms with E-state index in [4.69, 9.17) is 9.15 Å². The van der Waals surface area contributed by atoms with Gasteiger partial charge in [0, 0.05) is 23.9 Å². The highest BCUT2D eigenvalue weighted by atomic mass is 16.5. The average molecular weight is 371 g/mol. The molecule has 0 N–H and O–H groups in total. The van der Waals surface area contributed by atoms with Gasteiger partial charge < -0.3 is 14.1 Å². The summed E-state index contributed by atoms with van der Waals surface area (Å²) in [5.74, 6) is 2.59. The van der Waals surface area contributed by atoms with Gasteiger partial charge in [-0.25, -0.2) is 4.79 Å². The lowest BCUT2D eigenvalue weighted by molar-refractivity contribution is 0.0476. The van der Waals surface area contributed by atoms with Crippen molar-refractivity contribution >= 4 is 11.8 Å². The molecule has 4 aliphatic rings. The summed E-state index contributed by atoms with van der Waals surface area (Å²) in [5, 5.41) is 0. The third kappa shape index (κ3) is 2.33. The molecule has 0 bridgehead atoms. The van der Waals surface area contributed by atoms with Gasteiger partial charge in [0.1, 0.15) is 5.76 Å². The molecule has 1 aromatic heterocycles. The molecular formula is C22H29NO4. The number of furan rings is 1. The number of nitrogens with zero attached hydrogens (tertiary/aromatic N) is 1. The predicted molar refractivity (Wildman–Crippen MR) is 99.8 cm³/mol. The van der Waals surface area contributed by atoms with Crippen molar-refractivity contribution in [3.05, 3.63) is 22.6 Å². The molecule has 0 saturated heterocycles. The van der Waals surface area contributed by atoms with E-state index in [1.807, 2.05) is 6.92 Å². The second-order valence-corrected chi connectivity index (χ2v) is 9.39. The van der Waals surface area contributed by atoms with Crippen molar-refractivity contribution in [3.63, 3.8) is 0 Å². The fourth-order valence-corrected chi connectivity index (χ4v) is 6.36. The van der Waals surface area contributed by atoms with E-state index >= 15 is 0 Å². The van der Waals surface area contributed by atoms with E-state index in [0.29, 0.717) is 41.5 Å². The summed E-state index contributed by atoms with van der Waals surface area (Å²) in [6.07, 6.45) is 5.65. The van der Waals surface area contributed by atoms with Crippen molar-refractivity contribution < 1.29 is 18.7 Å². The lowest BCUT2D eigenvalue weighted by atomic mass is 9.62. The van der Waals surface area contributed by atoms with Crippen LogP contribution in [-0.2, 0) is 11.2 Å². The van der Waals surface area contributed by atoms with Crippen LogP contribution in [0.2, 0.25) is 0 Å². The van der Waals surface area contributed by atoms with Gasteiger partial charge in [0.2, 0.25) is 5.76 Å². The van der Waals surface area contributed by atoms with Crippen molar-refractivity contribution in [3.8, 4) is 0 Å². The number of hydrogen-bond donors (Lipinski definition) is 0. The van der Waals surface area contributed by atoms with Crippen LogP contribution in [0.3, 0.4) is 0 Å². The first-order valence-corrected chi connectivity index (χ1v) is 10.4. The molecule has 0 aliphatic heterocycles. The highest BCUT2D eigenvalue weighted by Crippen LogP contribution is 2.72. The van der Waals surface area contributed by atoms with E-state index in [0.717, 1.165) is 12.2 Å². The third-order valence-corrected chi connectivity index (χ3v) is 7.84. The highest BCUT2D eigenvalue weighted by molar-refractivity contribution is 6.05. The van der Waals surface area contributed by atoms with Crippen LogP contribution < -0.4 is 0 Å². The van der Waals surface area contributed by atoms with E-state index in [1.54, 1.807) is 6.92 Å². The number of carbonyl (C=O) groups is 2. The van der Waals surface area contributed by atoms with Gasteiger partial charge in [0.05, 0.1) is 12.2 Å². The van der Waals surface area contributed by atoms with Gasteiger partial charge in [0.15, 0.2) is 5.78 Å². The number of ketones is 1. The summed E-state index contributed by atoms with van der Waals surface area (Å²) in [5.41, 5.74) is 1.60. The third-order valence-electron chi connectivity index (χ3n) is 7.84. The Balaban J connectivity index is 1.51. The molecule has 3 fully saturated rings. The maximum atomic E-state index is 13.5. The first kappa shape index (κ1) is 17.5. The monoisotopic (exact) mass is 371 g/mol. The minimum atomic E-state index is -0.447. The fourth-order valence-electron chi connectivity index (χ4n) is 6.36. The van der Waals surface area contributed by atoms with Crippen LogP contribution in [0.1, 0.15) is 64.8 Å². The summed E-state index contributed by atoms with van der Waals surface area (Å²) >= 11 is 0. The van der Waals surface area contributed by atoms with E-state index < -0.39 is 5.97 Å². The van der Waals surface area contributed by atoms with Crippen LogP contribution in [0, 0.1) is 36.0 Å². The molecule has 27 heavy (non-hydrogen) atoms. The Kier molecular flexibility index (Phi) is 3.69. The topological polar surface area (TPSA) is 59.8 Å². The number of rotatable bonds is 4. The maximum Gasteiger partial charge on any atom is 0.374 e. The number of esters is 1. The number of carbonyl (C=O) groups excluding carboxylic acids is 2. The van der Waals surface area contributed by atoms with Crippen LogP contribution in [-0.4, -0.2) is 43.4 Å². The van der Waals surface area contributed by atoms with Crippen molar-refractivity contribution in [2.24, 2.45) is 29.1 Å². The first-order valence-electron chi connectivity index (χ1n) is 10.4. The predicted octanol–water partition coefficient (Wildman–Crippen LogP) is 3.49. The van der Waals surface area contributed by atoms with E-state index in [-0.39, 0.29) is 22.9 Å². The van der Waals surface area contributed by atoms with E-state index in [2.05, 4.69) is 19.0 Å². The quantitative estimate of drug-likeness (QED) is 0.759. The summed E-state index contributed by atoms with van der Waals surface area (Å²) in [7, 11) is 4.29. The SMILES string of the molecule is CCOC(=O)c1oc2c(c1C)C(=O)C1C(C3CC3N(C)C)C1C1(CCC1)C2. The molecule has 5 rings (SSSR count). The standard InChI is InChI=1S/C22H29NO4/c1-5-26-21(25)20-11(2)15-14(27-20)10-22(7-6-8-22)18-16(17(18)19(15)24)12-9-13(12)23(3)4/h12-13,16-18H,5-10H2,1-4H3. The number of hydrogen-bond acceptors (Lipinski definition) is 5. The van der Waals surface area contributed by atoms with Crippen molar-refractivity contribution in [2.75, 3.05) is 20.7 Å². The Morgan fingerprint density at radius 1 is 1.33 bits per heavy atom. The molecule has 5 atom stereocenters. The molecule has 5 nitrogen and oxygen atoms in total. The van der Waals surface area contributed by atoms with Gasteiger partial charge in [-0.2, -0.15) is 0 Å². The normalized spacial score (nSPS) is 35.3. The van der Waals surface area contributed by atoms with Crippen LogP contribution in [0.25, 0.3) is 0 Å². The zero-order valence-corrected chi connectivity index (χ0v) is 16.7. The largest absolute Gasteiger partial charge is 0.460 e. The highest BCUT2D eigenvalue weighted by Gasteiger charge is 2.72. The van der Waals surface area contributed by atoms with Gasteiger partial charge in [-0.05, 0) is 70.4 Å². The fraction of sp³-hybridized carbons (Fsp3) is 0.727. The zero-order chi connectivity index (χ0) is 19.1. The summed E-state index contributed by atoms with van der Waals surface area (Å²) in [4.78, 5) is 28.1. The second kappa shape index (κ2) is 5.69. The average Bonchev–Trinajstić information content (AvgIpc) is 3.45.